The van der Waals surface area contributed by atoms with Crippen molar-refractivity contribution in [2.24, 2.45) is 0 Å². The molecule has 3 rings (SSSR count). The van der Waals surface area contributed by atoms with E-state index in [1.54, 1.807) is 6.20 Å². The molecule has 1 heterocycles. The maximum atomic E-state index is 11.9. The van der Waals surface area contributed by atoms with E-state index in [1.165, 1.54) is 11.8 Å². The van der Waals surface area contributed by atoms with Crippen LogP contribution in [0.2, 0.25) is 0 Å². The molecule has 1 amide bonds. The van der Waals surface area contributed by atoms with Gasteiger partial charge in [-0.2, -0.15) is 0 Å². The Kier molecular flexibility index (Phi) is 6.11. The lowest BCUT2D eigenvalue weighted by atomic mass is 10.2. The van der Waals surface area contributed by atoms with E-state index >= 15 is 0 Å². The highest BCUT2D eigenvalue weighted by molar-refractivity contribution is 7.99. The summed E-state index contributed by atoms with van der Waals surface area (Å²) in [6, 6.07) is 19.5. The zero-order valence-corrected chi connectivity index (χ0v) is 14.5. The molecule has 0 bridgehead atoms. The quantitative estimate of drug-likeness (QED) is 0.481. The summed E-state index contributed by atoms with van der Waals surface area (Å²) >= 11 is 1.38. The van der Waals surface area contributed by atoms with Gasteiger partial charge >= 0.3 is 0 Å². The summed E-state index contributed by atoms with van der Waals surface area (Å²) in [5.74, 6) is 1.07. The van der Waals surface area contributed by atoms with Crippen molar-refractivity contribution in [2.75, 3.05) is 18.9 Å². The first-order valence-electron chi connectivity index (χ1n) is 7.99. The van der Waals surface area contributed by atoms with E-state index in [4.69, 9.17) is 4.74 Å². The number of amides is 1. The average molecular weight is 353 g/mol. The number of hydrogen-bond acceptors (Lipinski definition) is 4. The maximum absolute atomic E-state index is 11.9. The molecule has 6 heteroatoms. The van der Waals surface area contributed by atoms with Crippen LogP contribution >= 0.6 is 11.8 Å². The van der Waals surface area contributed by atoms with Gasteiger partial charge in [-0.1, -0.05) is 60.3 Å². The van der Waals surface area contributed by atoms with E-state index in [2.05, 4.69) is 15.3 Å². The van der Waals surface area contributed by atoms with Gasteiger partial charge in [0.05, 0.1) is 24.2 Å². The Labute approximate surface area is 150 Å². The second kappa shape index (κ2) is 8.94. The molecule has 25 heavy (non-hydrogen) atoms. The number of aromatic nitrogens is 2. The molecular weight excluding hydrogens is 334 g/mol. The topological polar surface area (TPSA) is 67.0 Å². The number of carbonyl (C=O) groups is 1. The van der Waals surface area contributed by atoms with E-state index in [9.17, 15) is 4.79 Å². The number of aromatic amines is 1. The van der Waals surface area contributed by atoms with E-state index in [1.807, 2.05) is 60.7 Å². The Morgan fingerprint density at radius 2 is 1.80 bits per heavy atom. The Morgan fingerprint density at radius 1 is 1.08 bits per heavy atom. The fourth-order valence-electron chi connectivity index (χ4n) is 2.20. The number of nitrogens with one attached hydrogen (secondary N) is 2. The molecule has 0 fully saturated rings. The highest BCUT2D eigenvalue weighted by Crippen LogP contribution is 2.20. The van der Waals surface area contributed by atoms with Crippen molar-refractivity contribution < 1.29 is 9.53 Å². The van der Waals surface area contributed by atoms with Crippen LogP contribution < -0.4 is 10.1 Å². The Morgan fingerprint density at radius 3 is 2.56 bits per heavy atom. The number of H-pyrrole nitrogens is 1. The van der Waals surface area contributed by atoms with Crippen LogP contribution in [0.5, 0.6) is 5.75 Å². The number of rotatable bonds is 8. The van der Waals surface area contributed by atoms with Gasteiger partial charge in [-0.3, -0.25) is 4.79 Å². The van der Waals surface area contributed by atoms with Crippen molar-refractivity contribution >= 4 is 17.7 Å². The molecule has 3 aromatic rings. The Hall–Kier alpha value is -2.73. The number of ether oxygens (including phenoxy) is 1. The lowest BCUT2D eigenvalue weighted by molar-refractivity contribution is -0.118. The minimum atomic E-state index is -0.0423. The molecule has 128 valence electrons. The number of nitrogens with zero attached hydrogens (tertiary/aromatic N) is 1. The number of imidazole rings is 1. The van der Waals surface area contributed by atoms with Gasteiger partial charge in [0.15, 0.2) is 5.16 Å². The Bertz CT molecular complexity index is 791. The first kappa shape index (κ1) is 17.1. The molecule has 2 aromatic carbocycles. The zero-order valence-electron chi connectivity index (χ0n) is 13.6. The zero-order chi connectivity index (χ0) is 17.3. The summed E-state index contributed by atoms with van der Waals surface area (Å²) in [4.78, 5) is 19.4. The molecule has 0 aliphatic heterocycles. The van der Waals surface area contributed by atoms with Crippen LogP contribution in [0, 0.1) is 0 Å². The monoisotopic (exact) mass is 353 g/mol. The number of hydrogen-bond donors (Lipinski definition) is 2. The first-order chi connectivity index (χ1) is 12.3. The fourth-order valence-corrected chi connectivity index (χ4v) is 2.88. The van der Waals surface area contributed by atoms with Crippen molar-refractivity contribution in [3.63, 3.8) is 0 Å². The van der Waals surface area contributed by atoms with Gasteiger partial charge < -0.3 is 15.0 Å². The minimum Gasteiger partial charge on any atom is -0.492 e. The highest BCUT2D eigenvalue weighted by Gasteiger charge is 2.07. The van der Waals surface area contributed by atoms with Gasteiger partial charge in [0.1, 0.15) is 12.4 Å². The predicted octanol–water partition coefficient (Wildman–Crippen LogP) is 3.36. The largest absolute Gasteiger partial charge is 0.492 e. The Balaban J connectivity index is 1.37. The molecule has 5 nitrogen and oxygen atoms in total. The molecule has 1 aromatic heterocycles. The highest BCUT2D eigenvalue weighted by atomic mass is 32.2. The van der Waals surface area contributed by atoms with Crippen molar-refractivity contribution in [3.05, 3.63) is 66.9 Å². The molecule has 0 atom stereocenters. The van der Waals surface area contributed by atoms with Crippen LogP contribution in [0.4, 0.5) is 0 Å². The third kappa shape index (κ3) is 5.39. The van der Waals surface area contributed by atoms with E-state index in [0.717, 1.165) is 22.2 Å². The third-order valence-electron chi connectivity index (χ3n) is 3.41. The van der Waals surface area contributed by atoms with Crippen molar-refractivity contribution in [1.82, 2.24) is 15.3 Å². The van der Waals surface area contributed by atoms with Crippen LogP contribution in [-0.2, 0) is 4.79 Å². The summed E-state index contributed by atoms with van der Waals surface area (Å²) in [6.07, 6.45) is 1.78. The number of para-hydroxylation sites is 1. The fraction of sp³-hybridized carbons (Fsp3) is 0.158. The van der Waals surface area contributed by atoms with Crippen LogP contribution in [0.25, 0.3) is 11.3 Å². The lowest BCUT2D eigenvalue weighted by Crippen LogP contribution is -2.29. The number of thioether (sulfide) groups is 1. The van der Waals surface area contributed by atoms with E-state index in [0.29, 0.717) is 18.9 Å². The van der Waals surface area contributed by atoms with Crippen LogP contribution in [0.3, 0.4) is 0 Å². The summed E-state index contributed by atoms with van der Waals surface area (Å²) in [5, 5.41) is 3.57. The number of carbonyl (C=O) groups excluding carboxylic acids is 1. The molecule has 0 saturated carbocycles. The second-order valence-corrected chi connectivity index (χ2v) is 6.23. The second-order valence-electron chi connectivity index (χ2n) is 5.27. The lowest BCUT2D eigenvalue weighted by Gasteiger charge is -2.07. The van der Waals surface area contributed by atoms with Gasteiger partial charge in [0.25, 0.3) is 0 Å². The van der Waals surface area contributed by atoms with Crippen LogP contribution in [0.15, 0.2) is 72.0 Å². The van der Waals surface area contributed by atoms with Gasteiger partial charge in [-0.05, 0) is 17.7 Å². The molecule has 0 unspecified atom stereocenters. The molecule has 0 aliphatic rings. The maximum Gasteiger partial charge on any atom is 0.230 e. The normalized spacial score (nSPS) is 10.4. The number of benzene rings is 2. The van der Waals surface area contributed by atoms with Crippen molar-refractivity contribution in [3.8, 4) is 17.0 Å². The SMILES string of the molecule is O=C(CSc1ncc(-c2ccccc2)[nH]1)NCCOc1ccccc1. The molecule has 0 saturated heterocycles. The summed E-state index contributed by atoms with van der Waals surface area (Å²) in [6.45, 7) is 0.918. The molecule has 0 spiro atoms. The van der Waals surface area contributed by atoms with Crippen molar-refractivity contribution in [2.45, 2.75) is 5.16 Å². The van der Waals surface area contributed by atoms with Gasteiger partial charge in [0.2, 0.25) is 5.91 Å². The third-order valence-corrected chi connectivity index (χ3v) is 4.30. The molecule has 0 aliphatic carbocycles. The van der Waals surface area contributed by atoms with Gasteiger partial charge in [-0.25, -0.2) is 4.98 Å². The molecular formula is C19H19N3O2S. The van der Waals surface area contributed by atoms with Gasteiger partial charge in [-0.15, -0.1) is 0 Å². The first-order valence-corrected chi connectivity index (χ1v) is 8.97. The van der Waals surface area contributed by atoms with Gasteiger partial charge in [0, 0.05) is 0 Å². The van der Waals surface area contributed by atoms with Crippen LogP contribution in [0.1, 0.15) is 0 Å². The summed E-state index contributed by atoms with van der Waals surface area (Å²) < 4.78 is 5.53. The summed E-state index contributed by atoms with van der Waals surface area (Å²) in [5.41, 5.74) is 2.02. The van der Waals surface area contributed by atoms with Crippen molar-refractivity contribution in [1.29, 1.82) is 0 Å². The standard InChI is InChI=1S/C19H19N3O2S/c23-18(20-11-12-24-16-9-5-2-6-10-16)14-25-19-21-13-17(22-19)15-7-3-1-4-8-15/h1-10,13H,11-12,14H2,(H,20,23)(H,21,22). The van der Waals surface area contributed by atoms with Crippen LogP contribution in [-0.4, -0.2) is 34.8 Å². The molecule has 0 radical (unpaired) electrons. The summed E-state index contributed by atoms with van der Waals surface area (Å²) in [7, 11) is 0. The smallest absolute Gasteiger partial charge is 0.230 e. The average Bonchev–Trinajstić information content (AvgIpc) is 3.14. The van der Waals surface area contributed by atoms with E-state index in [-0.39, 0.29) is 5.91 Å². The van der Waals surface area contributed by atoms with E-state index < -0.39 is 0 Å². The predicted molar refractivity (Wildman–Crippen MR) is 99.7 cm³/mol. The minimum absolute atomic E-state index is 0.0423. The molecule has 2 N–H and O–H groups in total.